The number of hydrogen-bond acceptors (Lipinski definition) is 5. The van der Waals surface area contributed by atoms with Gasteiger partial charge in [-0.15, -0.1) is 0 Å². The van der Waals surface area contributed by atoms with Gasteiger partial charge in [0.2, 0.25) is 5.95 Å². The van der Waals surface area contributed by atoms with Crippen molar-refractivity contribution < 1.29 is 9.47 Å². The SMILES string of the molecule is c1ccc2cc(-c3ccnc(N4CCC5(CC4)OCCO5)n3)ccc2c1. The Hall–Kier alpha value is -2.50. The van der Waals surface area contributed by atoms with Crippen molar-refractivity contribution in [2.24, 2.45) is 0 Å². The molecule has 5 heteroatoms. The van der Waals surface area contributed by atoms with Gasteiger partial charge in [0.15, 0.2) is 5.79 Å². The van der Waals surface area contributed by atoms with Crippen LogP contribution in [0.1, 0.15) is 12.8 Å². The largest absolute Gasteiger partial charge is 0.347 e. The van der Waals surface area contributed by atoms with Crippen LogP contribution in [0.3, 0.4) is 0 Å². The van der Waals surface area contributed by atoms with Gasteiger partial charge in [-0.2, -0.15) is 0 Å². The number of hydrogen-bond donors (Lipinski definition) is 0. The molecule has 0 N–H and O–H groups in total. The third-order valence-electron chi connectivity index (χ3n) is 5.31. The van der Waals surface area contributed by atoms with Crippen LogP contribution in [-0.2, 0) is 9.47 Å². The van der Waals surface area contributed by atoms with Crippen molar-refractivity contribution in [1.29, 1.82) is 0 Å². The lowest BCUT2D eigenvalue weighted by atomic mass is 10.0. The Labute approximate surface area is 152 Å². The van der Waals surface area contributed by atoms with Crippen LogP contribution in [0.15, 0.2) is 54.7 Å². The Morgan fingerprint density at radius 1 is 0.885 bits per heavy atom. The number of rotatable bonds is 2. The Bertz CT molecular complexity index is 927. The summed E-state index contributed by atoms with van der Waals surface area (Å²) < 4.78 is 11.6. The molecule has 3 aromatic rings. The third-order valence-corrected chi connectivity index (χ3v) is 5.31. The molecule has 26 heavy (non-hydrogen) atoms. The van der Waals surface area contributed by atoms with Crippen LogP contribution in [0.4, 0.5) is 5.95 Å². The fraction of sp³-hybridized carbons (Fsp3) is 0.333. The number of piperidine rings is 1. The first kappa shape index (κ1) is 15.7. The Kier molecular flexibility index (Phi) is 3.84. The monoisotopic (exact) mass is 347 g/mol. The summed E-state index contributed by atoms with van der Waals surface area (Å²) in [5, 5.41) is 2.46. The van der Waals surface area contributed by atoms with E-state index in [0.29, 0.717) is 13.2 Å². The van der Waals surface area contributed by atoms with E-state index < -0.39 is 0 Å². The highest BCUT2D eigenvalue weighted by atomic mass is 16.7. The highest BCUT2D eigenvalue weighted by molar-refractivity contribution is 5.86. The second kappa shape index (κ2) is 6.34. The molecule has 0 saturated carbocycles. The Morgan fingerprint density at radius 3 is 2.46 bits per heavy atom. The van der Waals surface area contributed by atoms with E-state index in [2.05, 4.69) is 52.3 Å². The number of benzene rings is 2. The maximum absolute atomic E-state index is 5.81. The first-order valence-corrected chi connectivity index (χ1v) is 9.17. The van der Waals surface area contributed by atoms with Gasteiger partial charge in [-0.3, -0.25) is 0 Å². The summed E-state index contributed by atoms with van der Waals surface area (Å²) >= 11 is 0. The van der Waals surface area contributed by atoms with E-state index in [1.165, 1.54) is 10.8 Å². The van der Waals surface area contributed by atoms with Gasteiger partial charge in [0.05, 0.1) is 18.9 Å². The fourth-order valence-electron chi connectivity index (χ4n) is 3.84. The lowest BCUT2D eigenvalue weighted by Crippen LogP contribution is -2.45. The molecule has 1 aromatic heterocycles. The van der Waals surface area contributed by atoms with E-state index in [9.17, 15) is 0 Å². The average Bonchev–Trinajstić information content (AvgIpc) is 3.16. The van der Waals surface area contributed by atoms with E-state index in [0.717, 1.165) is 43.1 Å². The summed E-state index contributed by atoms with van der Waals surface area (Å²) in [5.74, 6) is 0.412. The van der Waals surface area contributed by atoms with Crippen LogP contribution in [0.2, 0.25) is 0 Å². The van der Waals surface area contributed by atoms with Gasteiger partial charge in [0, 0.05) is 37.7 Å². The molecule has 0 bridgehead atoms. The molecule has 2 saturated heterocycles. The van der Waals surface area contributed by atoms with Crippen LogP contribution < -0.4 is 4.90 Å². The minimum atomic E-state index is -0.369. The quantitative estimate of drug-likeness (QED) is 0.708. The molecule has 2 aliphatic heterocycles. The molecule has 5 nitrogen and oxygen atoms in total. The number of anilines is 1. The van der Waals surface area contributed by atoms with E-state index >= 15 is 0 Å². The summed E-state index contributed by atoms with van der Waals surface area (Å²) in [6, 6.07) is 16.8. The van der Waals surface area contributed by atoms with Gasteiger partial charge < -0.3 is 14.4 Å². The molecular formula is C21H21N3O2. The summed E-state index contributed by atoms with van der Waals surface area (Å²) in [7, 11) is 0. The molecule has 132 valence electrons. The summed E-state index contributed by atoms with van der Waals surface area (Å²) in [6.07, 6.45) is 3.56. The van der Waals surface area contributed by atoms with Crippen LogP contribution in [0.25, 0.3) is 22.0 Å². The molecule has 0 radical (unpaired) electrons. The zero-order valence-corrected chi connectivity index (χ0v) is 14.6. The van der Waals surface area contributed by atoms with Crippen molar-refractivity contribution in [3.63, 3.8) is 0 Å². The second-order valence-electron chi connectivity index (χ2n) is 6.90. The highest BCUT2D eigenvalue weighted by Crippen LogP contribution is 2.32. The maximum Gasteiger partial charge on any atom is 0.225 e. The van der Waals surface area contributed by atoms with E-state index in [4.69, 9.17) is 14.5 Å². The molecule has 3 heterocycles. The molecule has 5 rings (SSSR count). The zero-order valence-electron chi connectivity index (χ0n) is 14.6. The summed E-state index contributed by atoms with van der Waals surface area (Å²) in [5.41, 5.74) is 2.07. The maximum atomic E-state index is 5.81. The van der Waals surface area contributed by atoms with Gasteiger partial charge in [-0.1, -0.05) is 36.4 Å². The molecule has 0 aliphatic carbocycles. The third kappa shape index (κ3) is 2.83. The number of fused-ring (bicyclic) bond motifs is 1. The fourth-order valence-corrected chi connectivity index (χ4v) is 3.84. The lowest BCUT2D eigenvalue weighted by molar-refractivity contribution is -0.169. The molecule has 2 aliphatic rings. The van der Waals surface area contributed by atoms with E-state index in [-0.39, 0.29) is 5.79 Å². The van der Waals surface area contributed by atoms with Gasteiger partial charge in [0.25, 0.3) is 0 Å². The predicted octanol–water partition coefficient (Wildman–Crippen LogP) is 3.64. The van der Waals surface area contributed by atoms with Crippen LogP contribution in [0, 0.1) is 0 Å². The second-order valence-corrected chi connectivity index (χ2v) is 6.90. The van der Waals surface area contributed by atoms with Crippen LogP contribution >= 0.6 is 0 Å². The van der Waals surface area contributed by atoms with Gasteiger partial charge in [-0.25, -0.2) is 9.97 Å². The highest BCUT2D eigenvalue weighted by Gasteiger charge is 2.40. The molecule has 1 spiro atoms. The van der Waals surface area contributed by atoms with Crippen molar-refractivity contribution in [3.8, 4) is 11.3 Å². The average molecular weight is 347 g/mol. The predicted molar refractivity (Wildman–Crippen MR) is 101 cm³/mol. The summed E-state index contributed by atoms with van der Waals surface area (Å²) in [4.78, 5) is 11.5. The molecule has 2 aromatic carbocycles. The molecule has 0 amide bonds. The minimum Gasteiger partial charge on any atom is -0.347 e. The van der Waals surface area contributed by atoms with Gasteiger partial charge in [0.1, 0.15) is 0 Å². The first-order valence-electron chi connectivity index (χ1n) is 9.17. The number of aromatic nitrogens is 2. The van der Waals surface area contributed by atoms with Gasteiger partial charge >= 0.3 is 0 Å². The van der Waals surface area contributed by atoms with Crippen molar-refractivity contribution in [3.05, 3.63) is 54.7 Å². The Balaban J connectivity index is 1.40. The zero-order chi connectivity index (χ0) is 17.4. The van der Waals surface area contributed by atoms with Crippen LogP contribution in [0.5, 0.6) is 0 Å². The molecular weight excluding hydrogens is 326 g/mol. The van der Waals surface area contributed by atoms with Crippen molar-refractivity contribution >= 4 is 16.7 Å². The number of nitrogens with zero attached hydrogens (tertiary/aromatic N) is 3. The molecule has 0 atom stereocenters. The number of ether oxygens (including phenoxy) is 2. The molecule has 2 fully saturated rings. The first-order chi connectivity index (χ1) is 12.8. The topological polar surface area (TPSA) is 47.5 Å². The summed E-state index contributed by atoms with van der Waals surface area (Å²) in [6.45, 7) is 3.10. The van der Waals surface area contributed by atoms with Crippen molar-refractivity contribution in [2.75, 3.05) is 31.2 Å². The van der Waals surface area contributed by atoms with Crippen molar-refractivity contribution in [1.82, 2.24) is 9.97 Å². The van der Waals surface area contributed by atoms with E-state index in [1.54, 1.807) is 0 Å². The van der Waals surface area contributed by atoms with E-state index in [1.807, 2.05) is 12.3 Å². The Morgan fingerprint density at radius 2 is 1.65 bits per heavy atom. The minimum absolute atomic E-state index is 0.369. The molecule has 0 unspecified atom stereocenters. The van der Waals surface area contributed by atoms with Gasteiger partial charge in [-0.05, 0) is 22.9 Å². The van der Waals surface area contributed by atoms with Crippen molar-refractivity contribution in [2.45, 2.75) is 18.6 Å². The lowest BCUT2D eigenvalue weighted by Gasteiger charge is -2.37. The van der Waals surface area contributed by atoms with Crippen LogP contribution in [-0.4, -0.2) is 42.1 Å². The normalized spacial score (nSPS) is 19.3. The smallest absolute Gasteiger partial charge is 0.225 e. The standard InChI is InChI=1S/C21H21N3O2/c1-2-4-17-15-18(6-5-16(17)3-1)19-7-10-22-20(23-19)24-11-8-21(9-12-24)25-13-14-26-21/h1-7,10,15H,8-9,11-14H2.